The highest BCUT2D eigenvalue weighted by atomic mass is 32.2. The molecule has 0 spiro atoms. The third-order valence-electron chi connectivity index (χ3n) is 3.08. The summed E-state index contributed by atoms with van der Waals surface area (Å²) in [5, 5.41) is 0. The highest BCUT2D eigenvalue weighted by Crippen LogP contribution is 2.17. The largest absolute Gasteiger partial charge is 0.377 e. The lowest BCUT2D eigenvalue weighted by Crippen LogP contribution is -2.32. The second kappa shape index (κ2) is 7.00. The molecule has 1 aliphatic rings. The van der Waals surface area contributed by atoms with Crippen molar-refractivity contribution in [2.45, 2.75) is 23.8 Å². The lowest BCUT2D eigenvalue weighted by atomic mass is 10.2. The molecule has 2 rings (SSSR count). The number of halogens is 1. The minimum Gasteiger partial charge on any atom is -0.377 e. The Labute approximate surface area is 123 Å². The average molecular weight is 312 g/mol. The van der Waals surface area contributed by atoms with Gasteiger partial charge in [0.1, 0.15) is 10.7 Å². The number of sulfonamides is 1. The van der Waals surface area contributed by atoms with Crippen LogP contribution in [0, 0.1) is 17.7 Å². The van der Waals surface area contributed by atoms with Crippen molar-refractivity contribution in [2.75, 3.05) is 19.7 Å². The minimum atomic E-state index is -3.89. The van der Waals surface area contributed by atoms with Crippen LogP contribution in [0.5, 0.6) is 0 Å². The van der Waals surface area contributed by atoms with Gasteiger partial charge in [-0.1, -0.05) is 11.8 Å². The van der Waals surface area contributed by atoms with E-state index in [4.69, 9.17) is 10.5 Å². The SMILES string of the molecule is NCC#Cc1ccc(S(=O)(=O)NCC2CCCO2)c(F)c1. The predicted molar refractivity (Wildman–Crippen MR) is 76.5 cm³/mol. The lowest BCUT2D eigenvalue weighted by molar-refractivity contribution is 0.114. The monoisotopic (exact) mass is 312 g/mol. The second-order valence-electron chi connectivity index (χ2n) is 4.64. The van der Waals surface area contributed by atoms with E-state index in [-0.39, 0.29) is 19.2 Å². The van der Waals surface area contributed by atoms with Crippen LogP contribution in [0.2, 0.25) is 0 Å². The van der Waals surface area contributed by atoms with Crippen LogP contribution < -0.4 is 10.5 Å². The average Bonchev–Trinajstić information content (AvgIpc) is 2.96. The molecule has 1 unspecified atom stereocenters. The van der Waals surface area contributed by atoms with Gasteiger partial charge in [-0.25, -0.2) is 17.5 Å². The Balaban J connectivity index is 2.11. The van der Waals surface area contributed by atoms with Crippen LogP contribution in [-0.2, 0) is 14.8 Å². The van der Waals surface area contributed by atoms with E-state index in [0.29, 0.717) is 12.2 Å². The topological polar surface area (TPSA) is 81.4 Å². The number of hydrogen-bond acceptors (Lipinski definition) is 4. The van der Waals surface area contributed by atoms with Crippen molar-refractivity contribution in [1.82, 2.24) is 4.72 Å². The van der Waals surface area contributed by atoms with Gasteiger partial charge in [-0.05, 0) is 31.0 Å². The normalized spacial score (nSPS) is 18.3. The molecule has 1 aromatic carbocycles. The van der Waals surface area contributed by atoms with Crippen LogP contribution in [0.1, 0.15) is 18.4 Å². The maximum atomic E-state index is 13.9. The molecule has 21 heavy (non-hydrogen) atoms. The maximum absolute atomic E-state index is 13.9. The number of benzene rings is 1. The maximum Gasteiger partial charge on any atom is 0.243 e. The quantitative estimate of drug-likeness (QED) is 0.798. The molecule has 0 radical (unpaired) electrons. The van der Waals surface area contributed by atoms with E-state index in [9.17, 15) is 12.8 Å². The molecule has 0 bridgehead atoms. The summed E-state index contributed by atoms with van der Waals surface area (Å²) < 4.78 is 45.8. The molecule has 0 saturated carbocycles. The van der Waals surface area contributed by atoms with E-state index in [2.05, 4.69) is 16.6 Å². The Bertz CT molecular complexity index is 659. The first-order chi connectivity index (χ1) is 10.0. The summed E-state index contributed by atoms with van der Waals surface area (Å²) in [4.78, 5) is -0.390. The molecule has 7 heteroatoms. The van der Waals surface area contributed by atoms with Crippen LogP contribution in [0.3, 0.4) is 0 Å². The molecular formula is C14H17FN2O3S. The minimum absolute atomic E-state index is 0.141. The third kappa shape index (κ3) is 4.25. The van der Waals surface area contributed by atoms with E-state index in [1.54, 1.807) is 0 Å². The Morgan fingerprint density at radius 3 is 2.90 bits per heavy atom. The fraction of sp³-hybridized carbons (Fsp3) is 0.429. The van der Waals surface area contributed by atoms with Gasteiger partial charge in [0.15, 0.2) is 0 Å². The summed E-state index contributed by atoms with van der Waals surface area (Å²) in [5.41, 5.74) is 5.61. The van der Waals surface area contributed by atoms with Gasteiger partial charge in [0.2, 0.25) is 10.0 Å². The van der Waals surface area contributed by atoms with Gasteiger partial charge in [-0.15, -0.1) is 0 Å². The molecule has 1 aliphatic heterocycles. The third-order valence-corrected chi connectivity index (χ3v) is 4.54. The zero-order valence-corrected chi connectivity index (χ0v) is 12.2. The fourth-order valence-corrected chi connectivity index (χ4v) is 3.16. The lowest BCUT2D eigenvalue weighted by Gasteiger charge is -2.12. The van der Waals surface area contributed by atoms with Gasteiger partial charge in [-0.3, -0.25) is 0 Å². The predicted octanol–water partition coefficient (Wildman–Crippen LogP) is 0.593. The fourth-order valence-electron chi connectivity index (χ4n) is 2.04. The molecule has 0 amide bonds. The van der Waals surface area contributed by atoms with Gasteiger partial charge in [0.05, 0.1) is 12.6 Å². The van der Waals surface area contributed by atoms with Crippen LogP contribution in [0.4, 0.5) is 4.39 Å². The summed E-state index contributed by atoms with van der Waals surface area (Å²) in [6, 6.07) is 3.74. The number of hydrogen-bond donors (Lipinski definition) is 2. The van der Waals surface area contributed by atoms with Crippen LogP contribution in [0.25, 0.3) is 0 Å². The van der Waals surface area contributed by atoms with Crippen molar-refractivity contribution in [3.05, 3.63) is 29.6 Å². The molecule has 0 aliphatic carbocycles. The molecule has 114 valence electrons. The summed E-state index contributed by atoms with van der Waals surface area (Å²) >= 11 is 0. The first kappa shape index (κ1) is 15.9. The highest BCUT2D eigenvalue weighted by molar-refractivity contribution is 7.89. The Morgan fingerprint density at radius 2 is 2.29 bits per heavy atom. The van der Waals surface area contributed by atoms with Crippen molar-refractivity contribution in [2.24, 2.45) is 5.73 Å². The molecule has 1 aromatic rings. The number of nitrogens with two attached hydrogens (primary N) is 1. The molecule has 3 N–H and O–H groups in total. The molecule has 0 aromatic heterocycles. The Morgan fingerprint density at radius 1 is 1.48 bits per heavy atom. The summed E-state index contributed by atoms with van der Waals surface area (Å²) in [6.07, 6.45) is 1.57. The van der Waals surface area contributed by atoms with E-state index < -0.39 is 20.7 Å². The zero-order chi connectivity index (χ0) is 15.3. The van der Waals surface area contributed by atoms with Gasteiger partial charge >= 0.3 is 0 Å². The van der Waals surface area contributed by atoms with E-state index in [0.717, 1.165) is 18.9 Å². The second-order valence-corrected chi connectivity index (χ2v) is 6.37. The Hall–Kier alpha value is -1.46. The molecule has 1 saturated heterocycles. The number of rotatable bonds is 4. The summed E-state index contributed by atoms with van der Waals surface area (Å²) in [6.45, 7) is 0.941. The zero-order valence-electron chi connectivity index (χ0n) is 11.4. The molecule has 1 fully saturated rings. The van der Waals surface area contributed by atoms with E-state index in [1.165, 1.54) is 12.1 Å². The van der Waals surface area contributed by atoms with Crippen molar-refractivity contribution < 1.29 is 17.5 Å². The van der Waals surface area contributed by atoms with Gasteiger partial charge in [0, 0.05) is 18.7 Å². The summed E-state index contributed by atoms with van der Waals surface area (Å²) in [5.74, 6) is 4.40. The van der Waals surface area contributed by atoms with Gasteiger partial charge < -0.3 is 10.5 Å². The number of ether oxygens (including phenoxy) is 1. The highest BCUT2D eigenvalue weighted by Gasteiger charge is 2.22. The van der Waals surface area contributed by atoms with Crippen LogP contribution in [-0.4, -0.2) is 34.2 Å². The van der Waals surface area contributed by atoms with Crippen molar-refractivity contribution in [3.8, 4) is 11.8 Å². The molecule has 1 atom stereocenters. The first-order valence-corrected chi connectivity index (χ1v) is 8.11. The van der Waals surface area contributed by atoms with Crippen molar-refractivity contribution in [3.63, 3.8) is 0 Å². The van der Waals surface area contributed by atoms with Crippen LogP contribution >= 0.6 is 0 Å². The molecular weight excluding hydrogens is 295 g/mol. The summed E-state index contributed by atoms with van der Waals surface area (Å²) in [7, 11) is -3.89. The molecule has 5 nitrogen and oxygen atoms in total. The standard InChI is InChI=1S/C14H17FN2O3S/c15-13-9-11(3-1-7-16)5-6-14(13)21(18,19)17-10-12-4-2-8-20-12/h5-6,9,12,17H,2,4,7-8,10,16H2. The first-order valence-electron chi connectivity index (χ1n) is 6.62. The van der Waals surface area contributed by atoms with Gasteiger partial charge in [0.25, 0.3) is 0 Å². The number of nitrogens with one attached hydrogen (secondary N) is 1. The van der Waals surface area contributed by atoms with E-state index >= 15 is 0 Å². The molecule has 1 heterocycles. The van der Waals surface area contributed by atoms with Crippen molar-refractivity contribution >= 4 is 10.0 Å². The van der Waals surface area contributed by atoms with E-state index in [1.807, 2.05) is 0 Å². The van der Waals surface area contributed by atoms with Crippen LogP contribution in [0.15, 0.2) is 23.1 Å². The Kier molecular flexibility index (Phi) is 5.31. The smallest absolute Gasteiger partial charge is 0.243 e. The van der Waals surface area contributed by atoms with Gasteiger partial charge in [-0.2, -0.15) is 0 Å². The van der Waals surface area contributed by atoms with Crippen molar-refractivity contribution in [1.29, 1.82) is 0 Å².